The highest BCUT2D eigenvalue weighted by molar-refractivity contribution is 5.92. The van der Waals surface area contributed by atoms with Gasteiger partial charge in [-0.3, -0.25) is 14.9 Å². The highest BCUT2D eigenvalue weighted by Crippen LogP contribution is 2.30. The molecule has 0 spiro atoms. The second kappa shape index (κ2) is 6.67. The number of carbonyl (C=O) groups is 1. The molecule has 0 aliphatic heterocycles. The number of aryl methyl sites for hydroxylation is 1. The van der Waals surface area contributed by atoms with Crippen LogP contribution in [0.15, 0.2) is 42.5 Å². The van der Waals surface area contributed by atoms with E-state index in [9.17, 15) is 25.3 Å². The Morgan fingerprint density at radius 3 is 2.52 bits per heavy atom. The molecular weight excluding hydrogens is 346 g/mol. The van der Waals surface area contributed by atoms with Crippen LogP contribution in [0.3, 0.4) is 0 Å². The van der Waals surface area contributed by atoms with Gasteiger partial charge in [0.2, 0.25) is 0 Å². The standard InChI is InChI=1S/C20H17N3O4/c1-13-14(11-24)3-8-19-18(13)9-17(10-21)22(19)12-20(2,25)15-4-6-16(7-5-15)23(26)27/h3-9,11,25H,12H2,1-2H3. The van der Waals surface area contributed by atoms with Crippen molar-refractivity contribution >= 4 is 22.9 Å². The molecule has 0 amide bonds. The number of hydrogen-bond donors (Lipinski definition) is 1. The van der Waals surface area contributed by atoms with Gasteiger partial charge in [0, 0.05) is 28.6 Å². The van der Waals surface area contributed by atoms with Crippen molar-refractivity contribution in [2.75, 3.05) is 0 Å². The Morgan fingerprint density at radius 2 is 1.96 bits per heavy atom. The van der Waals surface area contributed by atoms with E-state index in [2.05, 4.69) is 6.07 Å². The van der Waals surface area contributed by atoms with Crippen LogP contribution in [0.4, 0.5) is 5.69 Å². The predicted molar refractivity (Wildman–Crippen MR) is 99.4 cm³/mol. The number of aldehydes is 1. The normalized spacial score (nSPS) is 13.1. The van der Waals surface area contributed by atoms with E-state index in [0.29, 0.717) is 16.8 Å². The summed E-state index contributed by atoms with van der Waals surface area (Å²) < 4.78 is 1.69. The van der Waals surface area contributed by atoms with Gasteiger partial charge < -0.3 is 9.67 Å². The second-order valence-electron chi connectivity index (χ2n) is 6.64. The number of rotatable bonds is 5. The SMILES string of the molecule is Cc1c(C=O)ccc2c1cc(C#N)n2CC(C)(O)c1ccc([N+](=O)[O-])cc1. The molecule has 7 nitrogen and oxygen atoms in total. The second-order valence-corrected chi connectivity index (χ2v) is 6.64. The summed E-state index contributed by atoms with van der Waals surface area (Å²) in [6.07, 6.45) is 0.769. The van der Waals surface area contributed by atoms with Crippen LogP contribution in [0.5, 0.6) is 0 Å². The summed E-state index contributed by atoms with van der Waals surface area (Å²) in [5.74, 6) is 0. The van der Waals surface area contributed by atoms with E-state index >= 15 is 0 Å². The lowest BCUT2D eigenvalue weighted by Gasteiger charge is -2.25. The minimum absolute atomic E-state index is 0.0595. The van der Waals surface area contributed by atoms with Crippen molar-refractivity contribution in [2.24, 2.45) is 0 Å². The smallest absolute Gasteiger partial charge is 0.269 e. The van der Waals surface area contributed by atoms with E-state index < -0.39 is 10.5 Å². The lowest BCUT2D eigenvalue weighted by atomic mass is 9.95. The Kier molecular flexibility index (Phi) is 4.52. The van der Waals surface area contributed by atoms with Gasteiger partial charge in [0.15, 0.2) is 0 Å². The minimum Gasteiger partial charge on any atom is -0.384 e. The molecule has 1 heterocycles. The van der Waals surface area contributed by atoms with Crippen LogP contribution in [0, 0.1) is 28.4 Å². The Morgan fingerprint density at radius 1 is 1.30 bits per heavy atom. The fraction of sp³-hybridized carbons (Fsp3) is 0.200. The quantitative estimate of drug-likeness (QED) is 0.424. The molecule has 2 aromatic carbocycles. The molecule has 27 heavy (non-hydrogen) atoms. The topological polar surface area (TPSA) is 109 Å². The van der Waals surface area contributed by atoms with Crippen LogP contribution >= 0.6 is 0 Å². The molecule has 0 saturated carbocycles. The fourth-order valence-corrected chi connectivity index (χ4v) is 3.23. The molecule has 1 N–H and O–H groups in total. The van der Waals surface area contributed by atoms with Gasteiger partial charge in [0.25, 0.3) is 5.69 Å². The summed E-state index contributed by atoms with van der Waals surface area (Å²) in [4.78, 5) is 21.5. The number of nitrogens with zero attached hydrogens (tertiary/aromatic N) is 3. The Bertz CT molecular complexity index is 1090. The first-order valence-electron chi connectivity index (χ1n) is 8.24. The van der Waals surface area contributed by atoms with E-state index in [1.54, 1.807) is 29.7 Å². The summed E-state index contributed by atoms with van der Waals surface area (Å²) in [5, 5.41) is 32.1. The van der Waals surface area contributed by atoms with Crippen molar-refractivity contribution in [2.45, 2.75) is 26.0 Å². The summed E-state index contributed by atoms with van der Waals surface area (Å²) in [6, 6.07) is 12.9. The van der Waals surface area contributed by atoms with Crippen LogP contribution in [0.1, 0.15) is 34.1 Å². The number of hydrogen-bond acceptors (Lipinski definition) is 5. The molecular formula is C20H17N3O4. The molecule has 3 aromatic rings. The monoisotopic (exact) mass is 363 g/mol. The first-order valence-corrected chi connectivity index (χ1v) is 8.24. The number of nitro benzene ring substituents is 1. The molecule has 0 saturated heterocycles. The van der Waals surface area contributed by atoms with Gasteiger partial charge in [0.05, 0.1) is 11.5 Å². The zero-order chi connectivity index (χ0) is 19.8. The third-order valence-corrected chi connectivity index (χ3v) is 4.80. The zero-order valence-electron chi connectivity index (χ0n) is 14.8. The maximum Gasteiger partial charge on any atom is 0.269 e. The van der Waals surface area contributed by atoms with Crippen molar-refractivity contribution in [1.29, 1.82) is 5.26 Å². The lowest BCUT2D eigenvalue weighted by molar-refractivity contribution is -0.384. The molecule has 0 bridgehead atoms. The zero-order valence-corrected chi connectivity index (χ0v) is 14.8. The third kappa shape index (κ3) is 3.18. The van der Waals surface area contributed by atoms with Gasteiger partial charge in [0.1, 0.15) is 23.7 Å². The Labute approximate surface area is 155 Å². The number of aromatic nitrogens is 1. The maximum atomic E-state index is 11.2. The number of nitro groups is 1. The molecule has 0 fully saturated rings. The molecule has 1 unspecified atom stereocenters. The molecule has 1 aromatic heterocycles. The van der Waals surface area contributed by atoms with Crippen LogP contribution in [0.25, 0.3) is 10.9 Å². The maximum absolute atomic E-state index is 11.2. The molecule has 7 heteroatoms. The van der Waals surface area contributed by atoms with Crippen molar-refractivity contribution in [3.63, 3.8) is 0 Å². The molecule has 3 rings (SSSR count). The molecule has 1 atom stereocenters. The molecule has 136 valence electrons. The number of aliphatic hydroxyl groups is 1. The van der Waals surface area contributed by atoms with Gasteiger partial charge >= 0.3 is 0 Å². The highest BCUT2D eigenvalue weighted by Gasteiger charge is 2.27. The summed E-state index contributed by atoms with van der Waals surface area (Å²) in [7, 11) is 0. The minimum atomic E-state index is -1.36. The number of carbonyl (C=O) groups excluding carboxylic acids is 1. The first kappa shape index (κ1) is 18.3. The lowest BCUT2D eigenvalue weighted by Crippen LogP contribution is -2.28. The largest absolute Gasteiger partial charge is 0.384 e. The van der Waals surface area contributed by atoms with E-state index in [1.165, 1.54) is 24.3 Å². The van der Waals surface area contributed by atoms with Crippen LogP contribution in [0.2, 0.25) is 0 Å². The number of benzene rings is 2. The number of nitriles is 1. The Hall–Kier alpha value is -3.50. The van der Waals surface area contributed by atoms with Crippen LogP contribution in [-0.2, 0) is 12.1 Å². The van der Waals surface area contributed by atoms with Gasteiger partial charge in [-0.05, 0) is 55.3 Å². The molecule has 0 radical (unpaired) electrons. The van der Waals surface area contributed by atoms with Crippen molar-refractivity contribution in [3.8, 4) is 6.07 Å². The van der Waals surface area contributed by atoms with Gasteiger partial charge in [-0.2, -0.15) is 5.26 Å². The fourth-order valence-electron chi connectivity index (χ4n) is 3.23. The highest BCUT2D eigenvalue weighted by atomic mass is 16.6. The van der Waals surface area contributed by atoms with Gasteiger partial charge in [-0.25, -0.2) is 0 Å². The van der Waals surface area contributed by atoms with Gasteiger partial charge in [-0.15, -0.1) is 0 Å². The average Bonchev–Trinajstić information content (AvgIpc) is 3.00. The van der Waals surface area contributed by atoms with E-state index in [-0.39, 0.29) is 12.2 Å². The van der Waals surface area contributed by atoms with E-state index in [4.69, 9.17) is 0 Å². The number of non-ortho nitro benzene ring substituents is 1. The average molecular weight is 363 g/mol. The van der Waals surface area contributed by atoms with Gasteiger partial charge in [-0.1, -0.05) is 0 Å². The van der Waals surface area contributed by atoms with Crippen molar-refractivity contribution in [3.05, 3.63) is 75.0 Å². The van der Waals surface area contributed by atoms with Crippen LogP contribution in [-0.4, -0.2) is 20.9 Å². The first-order chi connectivity index (χ1) is 12.8. The van der Waals surface area contributed by atoms with E-state index in [1.807, 2.05) is 6.92 Å². The Balaban J connectivity index is 2.07. The molecule has 0 aliphatic rings. The summed E-state index contributed by atoms with van der Waals surface area (Å²) in [5.41, 5.74) is 1.49. The van der Waals surface area contributed by atoms with Crippen molar-refractivity contribution in [1.82, 2.24) is 4.57 Å². The van der Waals surface area contributed by atoms with Crippen LogP contribution < -0.4 is 0 Å². The van der Waals surface area contributed by atoms with Crippen molar-refractivity contribution < 1.29 is 14.8 Å². The third-order valence-electron chi connectivity index (χ3n) is 4.80. The summed E-state index contributed by atoms with van der Waals surface area (Å²) in [6.45, 7) is 3.48. The summed E-state index contributed by atoms with van der Waals surface area (Å²) >= 11 is 0. The number of fused-ring (bicyclic) bond motifs is 1. The van der Waals surface area contributed by atoms with E-state index in [0.717, 1.165) is 22.8 Å². The molecule has 0 aliphatic carbocycles. The predicted octanol–water partition coefficient (Wildman–Crippen LogP) is 3.45.